The second-order valence-corrected chi connectivity index (χ2v) is 17.1. The van der Waals surface area contributed by atoms with Crippen molar-refractivity contribution in [1.82, 2.24) is 4.72 Å². The van der Waals surface area contributed by atoms with E-state index in [0.717, 1.165) is 17.2 Å². The molecule has 3 atom stereocenters. The number of rotatable bonds is 6. The number of hydrogen-bond donors (Lipinski definition) is 2. The van der Waals surface area contributed by atoms with Crippen LogP contribution in [-0.2, 0) is 45.8 Å². The van der Waals surface area contributed by atoms with Crippen LogP contribution in [0.15, 0.2) is 84.9 Å². The van der Waals surface area contributed by atoms with Crippen LogP contribution in [0.25, 0.3) is 0 Å². The Balaban J connectivity index is 0.000000254. The number of benzene rings is 4. The molecule has 57 heavy (non-hydrogen) atoms. The first-order valence-electron chi connectivity index (χ1n) is 18.3. The summed E-state index contributed by atoms with van der Waals surface area (Å²) in [6.07, 6.45) is -7.49. The van der Waals surface area contributed by atoms with Crippen molar-refractivity contribution in [3.05, 3.63) is 129 Å². The highest BCUT2D eigenvalue weighted by Gasteiger charge is 2.42. The Kier molecular flexibility index (Phi) is 14.5. The minimum atomic E-state index is -4.63. The minimum Gasteiger partial charge on any atom is -1.00 e. The molecular formula is C42H47ClF6N4O3S. The van der Waals surface area contributed by atoms with Crippen LogP contribution in [0.2, 0.25) is 0 Å². The van der Waals surface area contributed by atoms with Crippen LogP contribution in [-0.4, -0.2) is 33.9 Å². The molecule has 2 aliphatic rings. The van der Waals surface area contributed by atoms with Crippen LogP contribution >= 0.6 is 0 Å². The summed E-state index contributed by atoms with van der Waals surface area (Å²) in [5.74, 6) is -0.826. The summed E-state index contributed by atoms with van der Waals surface area (Å²) in [6.45, 7) is 8.35. The summed E-state index contributed by atoms with van der Waals surface area (Å²) in [5, 5.41) is 0. The quantitative estimate of drug-likeness (QED) is 0.252. The molecular weight excluding hydrogens is 790 g/mol. The molecule has 0 spiro atoms. The maximum Gasteiger partial charge on any atom is 0.418 e. The first kappa shape index (κ1) is 45.5. The Labute approximate surface area is 338 Å². The minimum absolute atomic E-state index is 0. The average molecular weight is 837 g/mol. The number of fused-ring (bicyclic) bond motifs is 2. The fourth-order valence-corrected chi connectivity index (χ4v) is 7.91. The van der Waals surface area contributed by atoms with Crippen molar-refractivity contribution >= 4 is 34.2 Å². The number of anilines is 2. The molecule has 0 radical (unpaired) electrons. The van der Waals surface area contributed by atoms with Crippen molar-refractivity contribution in [2.24, 2.45) is 0 Å². The van der Waals surface area contributed by atoms with Gasteiger partial charge in [-0.25, -0.2) is 8.93 Å². The van der Waals surface area contributed by atoms with Crippen LogP contribution in [0, 0.1) is 0 Å². The number of hydrogen-bond acceptors (Lipinski definition) is 3. The Hall–Kier alpha value is -4.24. The average Bonchev–Trinajstić information content (AvgIpc) is 3.11. The number of nitrogens with zero attached hydrogens (tertiary/aromatic N) is 2. The predicted octanol–water partition coefficient (Wildman–Crippen LogP) is 5.49. The van der Waals surface area contributed by atoms with Crippen molar-refractivity contribution < 1.29 is 58.3 Å². The highest BCUT2D eigenvalue weighted by molar-refractivity contribution is 7.84. The zero-order chi connectivity index (χ0) is 41.2. The smallest absolute Gasteiger partial charge is 0.418 e. The SMILES string of the molecule is CC(=O)N1CC[C@@H](N[S@](=O)C(C)(C)C)c2cc(Cc3ccccc3)cc(C(F)(F)F)c21.CC(=O)N1CC[C@@H]([NH3+])c2cc(Cc3ccccc3)cc(C(F)(F)F)c21.[Cl-]. The molecule has 2 aliphatic heterocycles. The van der Waals surface area contributed by atoms with Crippen LogP contribution in [0.4, 0.5) is 37.7 Å². The molecule has 0 fully saturated rings. The standard InChI is InChI=1S/C23H27F3N2O2S.C19H19F3N2O.ClH/c1-15(29)28-11-10-20(27-31(30)22(2,3)4)18-13-17(12-16-8-6-5-7-9-16)14-19(21(18)28)23(24,25)26;1-12(25)24-8-7-17(23)15-10-14(9-13-5-3-2-4-6-13)11-16(18(15)24)19(20,21)22;/h5-9,13-14,20,27H,10-12H2,1-4H3;2-6,10-11,17H,7-9,23H2,1H3;1H/t20-,31-;17-;/m11./s1. The van der Waals surface area contributed by atoms with Crippen LogP contribution in [0.5, 0.6) is 0 Å². The summed E-state index contributed by atoms with van der Waals surface area (Å²) in [4.78, 5) is 26.5. The van der Waals surface area contributed by atoms with Gasteiger partial charge in [-0.15, -0.1) is 0 Å². The molecule has 4 aromatic rings. The lowest BCUT2D eigenvalue weighted by atomic mass is 9.89. The third-order valence-electron chi connectivity index (χ3n) is 9.77. The van der Waals surface area contributed by atoms with Gasteiger partial charge in [-0.3, -0.25) is 9.59 Å². The lowest BCUT2D eigenvalue weighted by Gasteiger charge is -2.37. The molecule has 0 saturated carbocycles. The predicted molar refractivity (Wildman–Crippen MR) is 206 cm³/mol. The summed E-state index contributed by atoms with van der Waals surface area (Å²) in [6, 6.07) is 23.6. The number of amides is 2. The molecule has 4 N–H and O–H groups in total. The van der Waals surface area contributed by atoms with Crippen molar-refractivity contribution in [3.63, 3.8) is 0 Å². The normalized spacial score (nSPS) is 17.3. The lowest BCUT2D eigenvalue weighted by molar-refractivity contribution is -0.427. The van der Waals surface area contributed by atoms with Gasteiger partial charge in [-0.05, 0) is 86.1 Å². The molecule has 15 heteroatoms. The molecule has 0 aliphatic carbocycles. The second kappa shape index (κ2) is 18.1. The summed E-state index contributed by atoms with van der Waals surface area (Å²) >= 11 is 0. The molecule has 4 aromatic carbocycles. The number of alkyl halides is 6. The Morgan fingerprint density at radius 3 is 1.49 bits per heavy atom. The first-order chi connectivity index (χ1) is 26.1. The molecule has 0 saturated heterocycles. The van der Waals surface area contributed by atoms with Gasteiger partial charge < -0.3 is 27.9 Å². The van der Waals surface area contributed by atoms with E-state index >= 15 is 0 Å². The van der Waals surface area contributed by atoms with E-state index in [1.807, 2.05) is 60.7 Å². The number of quaternary nitrogens is 1. The monoisotopic (exact) mass is 836 g/mol. The van der Waals surface area contributed by atoms with Crippen molar-refractivity contribution in [3.8, 4) is 0 Å². The molecule has 7 nitrogen and oxygen atoms in total. The van der Waals surface area contributed by atoms with Gasteiger partial charge in [0, 0.05) is 45.0 Å². The second-order valence-electron chi connectivity index (χ2n) is 15.1. The largest absolute Gasteiger partial charge is 1.00 e. The molecule has 0 unspecified atom stereocenters. The lowest BCUT2D eigenvalue weighted by Crippen LogP contribution is -3.00. The molecule has 2 amide bonds. The van der Waals surface area contributed by atoms with Crippen LogP contribution < -0.4 is 32.7 Å². The van der Waals surface area contributed by atoms with Gasteiger partial charge in [0.15, 0.2) is 0 Å². The van der Waals surface area contributed by atoms with E-state index in [4.69, 9.17) is 0 Å². The molecule has 2 heterocycles. The maximum absolute atomic E-state index is 14.1. The number of nitrogens with one attached hydrogen (secondary N) is 1. The topological polar surface area (TPSA) is 97.4 Å². The third kappa shape index (κ3) is 11.0. The Morgan fingerprint density at radius 1 is 0.684 bits per heavy atom. The van der Waals surface area contributed by atoms with Crippen molar-refractivity contribution in [2.45, 2.75) is 89.5 Å². The van der Waals surface area contributed by atoms with Gasteiger partial charge in [0.2, 0.25) is 11.8 Å². The molecule has 0 aromatic heterocycles. The van der Waals surface area contributed by atoms with Gasteiger partial charge in [0.25, 0.3) is 0 Å². The van der Waals surface area contributed by atoms with E-state index in [1.54, 1.807) is 32.9 Å². The van der Waals surface area contributed by atoms with Crippen LogP contribution in [0.1, 0.15) is 104 Å². The number of carbonyl (C=O) groups excluding carboxylic acids is 2. The summed E-state index contributed by atoms with van der Waals surface area (Å²) in [5.41, 5.74) is 6.02. The van der Waals surface area contributed by atoms with Crippen molar-refractivity contribution in [1.29, 1.82) is 0 Å². The zero-order valence-corrected chi connectivity index (χ0v) is 33.9. The van der Waals surface area contributed by atoms with Gasteiger partial charge in [-0.1, -0.05) is 66.7 Å². The highest BCUT2D eigenvalue weighted by Crippen LogP contribution is 2.46. The van der Waals surface area contributed by atoms with Gasteiger partial charge >= 0.3 is 12.4 Å². The van der Waals surface area contributed by atoms with Crippen molar-refractivity contribution in [2.75, 3.05) is 22.9 Å². The van der Waals surface area contributed by atoms with E-state index in [-0.39, 0.29) is 48.8 Å². The van der Waals surface area contributed by atoms with E-state index in [9.17, 15) is 40.1 Å². The van der Waals surface area contributed by atoms with Gasteiger partial charge in [-0.2, -0.15) is 26.3 Å². The molecule has 6 rings (SSSR count). The third-order valence-corrected chi connectivity index (χ3v) is 11.4. The summed E-state index contributed by atoms with van der Waals surface area (Å²) in [7, 11) is -1.47. The van der Waals surface area contributed by atoms with Crippen LogP contribution in [0.3, 0.4) is 0 Å². The Morgan fingerprint density at radius 2 is 1.09 bits per heavy atom. The number of halogens is 7. The fourth-order valence-electron chi connectivity index (χ4n) is 7.05. The molecule has 0 bridgehead atoms. The highest BCUT2D eigenvalue weighted by atomic mass is 35.5. The Bertz CT molecular complexity index is 2070. The van der Waals surface area contributed by atoms with Gasteiger partial charge in [0.1, 0.15) is 6.04 Å². The maximum atomic E-state index is 14.1. The fraction of sp³-hybridized carbons (Fsp3) is 0.381. The number of carbonyl (C=O) groups is 2. The van der Waals surface area contributed by atoms with E-state index in [0.29, 0.717) is 47.9 Å². The summed E-state index contributed by atoms with van der Waals surface area (Å²) < 4.78 is 98.5. The first-order valence-corrected chi connectivity index (χ1v) is 19.4. The van der Waals surface area contributed by atoms with E-state index in [1.165, 1.54) is 29.7 Å². The van der Waals surface area contributed by atoms with E-state index < -0.39 is 51.2 Å². The molecule has 308 valence electrons. The van der Waals surface area contributed by atoms with Gasteiger partial charge in [0.05, 0.1) is 38.2 Å². The van der Waals surface area contributed by atoms with E-state index in [2.05, 4.69) is 10.5 Å². The zero-order valence-electron chi connectivity index (χ0n) is 32.4.